The van der Waals surface area contributed by atoms with E-state index in [-0.39, 0.29) is 5.97 Å². The van der Waals surface area contributed by atoms with Crippen LogP contribution in [0, 0.1) is 0 Å². The van der Waals surface area contributed by atoms with Crippen LogP contribution in [-0.2, 0) is 9.53 Å². The molecule has 1 atom stereocenters. The van der Waals surface area contributed by atoms with Crippen molar-refractivity contribution < 1.29 is 9.53 Å². The zero-order valence-electron chi connectivity index (χ0n) is 14.9. The Bertz CT molecular complexity index is 244. The summed E-state index contributed by atoms with van der Waals surface area (Å²) < 4.78 is 4.63. The third-order valence-electron chi connectivity index (χ3n) is 4.23. The van der Waals surface area contributed by atoms with Gasteiger partial charge in [-0.3, -0.25) is 4.79 Å². The minimum Gasteiger partial charge on any atom is -0.469 e. The van der Waals surface area contributed by atoms with Gasteiger partial charge in [-0.2, -0.15) is 0 Å². The van der Waals surface area contributed by atoms with Crippen molar-refractivity contribution in [2.75, 3.05) is 7.11 Å². The molecular formula is C19H37ClO2. The topological polar surface area (TPSA) is 26.3 Å². The highest BCUT2D eigenvalue weighted by Gasteiger charge is 2.02. The number of carbonyl (C=O) groups excluding carboxylic acids is 1. The van der Waals surface area contributed by atoms with E-state index in [1.807, 2.05) is 0 Å². The average molecular weight is 333 g/mol. The van der Waals surface area contributed by atoms with Crippen LogP contribution in [0.25, 0.3) is 0 Å². The highest BCUT2D eigenvalue weighted by Crippen LogP contribution is 2.16. The number of methoxy groups -OCH3 is 1. The van der Waals surface area contributed by atoms with Gasteiger partial charge in [0.25, 0.3) is 0 Å². The zero-order valence-corrected chi connectivity index (χ0v) is 15.6. The lowest BCUT2D eigenvalue weighted by atomic mass is 10.0. The van der Waals surface area contributed by atoms with Crippen LogP contribution < -0.4 is 0 Å². The number of halogens is 1. The van der Waals surface area contributed by atoms with Crippen LogP contribution in [0.15, 0.2) is 0 Å². The first kappa shape index (κ1) is 21.8. The molecule has 0 bridgehead atoms. The van der Waals surface area contributed by atoms with Crippen LogP contribution in [0.4, 0.5) is 0 Å². The minimum atomic E-state index is -0.0739. The van der Waals surface area contributed by atoms with Crippen molar-refractivity contribution in [2.45, 2.75) is 109 Å². The number of rotatable bonds is 16. The summed E-state index contributed by atoms with van der Waals surface area (Å²) in [5, 5.41) is 0.407. The molecule has 2 nitrogen and oxygen atoms in total. The number of hydrogen-bond acceptors (Lipinski definition) is 2. The molecule has 0 fully saturated rings. The van der Waals surface area contributed by atoms with Gasteiger partial charge in [0.05, 0.1) is 7.11 Å². The standard InChI is InChI=1S/C19H37ClO2/c1-3-15-18(20)16-13-11-9-7-5-4-6-8-10-12-14-17-19(21)22-2/h18H,3-17H2,1-2H3. The number of hydrogen-bond donors (Lipinski definition) is 0. The molecule has 0 saturated carbocycles. The molecule has 0 aliphatic heterocycles. The first-order chi connectivity index (χ1) is 10.7. The van der Waals surface area contributed by atoms with Crippen LogP contribution in [0.2, 0.25) is 0 Å². The Morgan fingerprint density at radius 1 is 0.818 bits per heavy atom. The predicted molar refractivity (Wildman–Crippen MR) is 96.6 cm³/mol. The largest absolute Gasteiger partial charge is 0.469 e. The van der Waals surface area contributed by atoms with Gasteiger partial charge in [-0.15, -0.1) is 11.6 Å². The fourth-order valence-corrected chi connectivity index (χ4v) is 3.16. The molecule has 0 aromatic rings. The quantitative estimate of drug-likeness (QED) is 0.180. The summed E-state index contributed by atoms with van der Waals surface area (Å²) in [5.74, 6) is -0.0739. The summed E-state index contributed by atoms with van der Waals surface area (Å²) in [6.07, 6.45) is 18.3. The van der Waals surface area contributed by atoms with Gasteiger partial charge in [0.15, 0.2) is 0 Å². The van der Waals surface area contributed by atoms with Crippen molar-refractivity contribution in [3.8, 4) is 0 Å². The SMILES string of the molecule is CCCC(Cl)CCCCCCCCCCCCCC(=O)OC. The Kier molecular flexibility index (Phi) is 16.9. The zero-order chi connectivity index (χ0) is 16.5. The average Bonchev–Trinajstić information content (AvgIpc) is 2.51. The second kappa shape index (κ2) is 17.1. The maximum Gasteiger partial charge on any atom is 0.305 e. The van der Waals surface area contributed by atoms with Crippen molar-refractivity contribution >= 4 is 17.6 Å². The third kappa shape index (κ3) is 16.1. The lowest BCUT2D eigenvalue weighted by Crippen LogP contribution is -1.99. The fourth-order valence-electron chi connectivity index (χ4n) is 2.79. The number of unbranched alkanes of at least 4 members (excludes halogenated alkanes) is 10. The Labute approximate surface area is 143 Å². The fraction of sp³-hybridized carbons (Fsp3) is 0.947. The highest BCUT2D eigenvalue weighted by molar-refractivity contribution is 6.20. The van der Waals surface area contributed by atoms with E-state index in [0.29, 0.717) is 11.8 Å². The van der Waals surface area contributed by atoms with Crippen LogP contribution in [-0.4, -0.2) is 18.5 Å². The summed E-state index contributed by atoms with van der Waals surface area (Å²) >= 11 is 6.21. The Morgan fingerprint density at radius 2 is 1.27 bits per heavy atom. The van der Waals surface area contributed by atoms with Gasteiger partial charge in [-0.1, -0.05) is 77.6 Å². The van der Waals surface area contributed by atoms with Crippen LogP contribution in [0.5, 0.6) is 0 Å². The van der Waals surface area contributed by atoms with Gasteiger partial charge in [0, 0.05) is 11.8 Å². The van der Waals surface area contributed by atoms with Gasteiger partial charge in [0.1, 0.15) is 0 Å². The van der Waals surface area contributed by atoms with Crippen LogP contribution in [0.1, 0.15) is 103 Å². The monoisotopic (exact) mass is 332 g/mol. The van der Waals surface area contributed by atoms with Crippen molar-refractivity contribution in [1.29, 1.82) is 0 Å². The van der Waals surface area contributed by atoms with E-state index in [1.54, 1.807) is 0 Å². The first-order valence-corrected chi connectivity index (χ1v) is 9.85. The first-order valence-electron chi connectivity index (χ1n) is 9.41. The van der Waals surface area contributed by atoms with E-state index in [0.717, 1.165) is 12.8 Å². The maximum atomic E-state index is 10.9. The molecule has 0 saturated heterocycles. The molecule has 0 heterocycles. The van der Waals surface area contributed by atoms with Crippen molar-refractivity contribution in [1.82, 2.24) is 0 Å². The number of alkyl halides is 1. The van der Waals surface area contributed by atoms with Gasteiger partial charge in [-0.25, -0.2) is 0 Å². The maximum absolute atomic E-state index is 10.9. The molecular weight excluding hydrogens is 296 g/mol. The normalized spacial score (nSPS) is 12.3. The van der Waals surface area contributed by atoms with Gasteiger partial charge in [-0.05, 0) is 19.3 Å². The predicted octanol–water partition coefficient (Wildman–Crippen LogP) is 6.64. The van der Waals surface area contributed by atoms with Crippen molar-refractivity contribution in [3.05, 3.63) is 0 Å². The van der Waals surface area contributed by atoms with E-state index >= 15 is 0 Å². The second-order valence-corrected chi connectivity index (χ2v) is 7.01. The Balaban J connectivity index is 3.07. The summed E-state index contributed by atoms with van der Waals surface area (Å²) in [7, 11) is 1.46. The molecule has 3 heteroatoms. The lowest BCUT2D eigenvalue weighted by molar-refractivity contribution is -0.140. The molecule has 0 radical (unpaired) electrons. The molecule has 0 N–H and O–H groups in total. The van der Waals surface area contributed by atoms with Crippen molar-refractivity contribution in [3.63, 3.8) is 0 Å². The number of carbonyl (C=O) groups is 1. The van der Waals surface area contributed by atoms with Gasteiger partial charge >= 0.3 is 5.97 Å². The van der Waals surface area contributed by atoms with Gasteiger partial charge < -0.3 is 4.74 Å². The molecule has 0 amide bonds. The number of esters is 1. The smallest absolute Gasteiger partial charge is 0.305 e. The molecule has 132 valence electrons. The lowest BCUT2D eigenvalue weighted by Gasteiger charge is -2.07. The molecule has 0 aromatic heterocycles. The molecule has 0 aliphatic rings. The van der Waals surface area contributed by atoms with Crippen molar-refractivity contribution in [2.24, 2.45) is 0 Å². The van der Waals surface area contributed by atoms with E-state index in [9.17, 15) is 4.79 Å². The third-order valence-corrected chi connectivity index (χ3v) is 4.66. The Morgan fingerprint density at radius 3 is 1.73 bits per heavy atom. The molecule has 0 aromatic carbocycles. The number of ether oxygens (including phenoxy) is 1. The summed E-state index contributed by atoms with van der Waals surface area (Å²) in [4.78, 5) is 10.9. The highest BCUT2D eigenvalue weighted by atomic mass is 35.5. The Hall–Kier alpha value is -0.240. The molecule has 0 aliphatic carbocycles. The van der Waals surface area contributed by atoms with Gasteiger partial charge in [0.2, 0.25) is 0 Å². The summed E-state index contributed by atoms with van der Waals surface area (Å²) in [6, 6.07) is 0. The minimum absolute atomic E-state index is 0.0739. The van der Waals surface area contributed by atoms with E-state index in [4.69, 9.17) is 11.6 Å². The molecule has 0 rings (SSSR count). The van der Waals surface area contributed by atoms with E-state index in [2.05, 4.69) is 11.7 Å². The van der Waals surface area contributed by atoms with Crippen LogP contribution in [0.3, 0.4) is 0 Å². The second-order valence-electron chi connectivity index (χ2n) is 6.39. The summed E-state index contributed by atoms with van der Waals surface area (Å²) in [5.41, 5.74) is 0. The van der Waals surface area contributed by atoms with Crippen LogP contribution >= 0.6 is 11.6 Å². The molecule has 0 spiro atoms. The van der Waals surface area contributed by atoms with E-state index in [1.165, 1.54) is 84.2 Å². The molecule has 22 heavy (non-hydrogen) atoms. The van der Waals surface area contributed by atoms with E-state index < -0.39 is 0 Å². The molecule has 1 unspecified atom stereocenters. The summed E-state index contributed by atoms with van der Waals surface area (Å²) in [6.45, 7) is 2.20.